The molecule has 42 heavy (non-hydrogen) atoms. The van der Waals surface area contributed by atoms with Crippen LogP contribution in [0.2, 0.25) is 10.0 Å². The highest BCUT2D eigenvalue weighted by molar-refractivity contribution is 6.42. The van der Waals surface area contributed by atoms with Crippen LogP contribution in [0.5, 0.6) is 0 Å². The monoisotopic (exact) mass is 606 g/mol. The van der Waals surface area contributed by atoms with E-state index in [1.165, 1.54) is 77.7 Å². The summed E-state index contributed by atoms with van der Waals surface area (Å²) in [6.07, 6.45) is 5.15. The molecular formula is C29H20Cl2N4O7. The van der Waals surface area contributed by atoms with Gasteiger partial charge in [-0.15, -0.1) is 0 Å². The van der Waals surface area contributed by atoms with Crippen molar-refractivity contribution in [3.8, 4) is 0 Å². The second-order valence-corrected chi connectivity index (χ2v) is 9.83. The molecule has 1 aliphatic heterocycles. The topological polar surface area (TPSA) is 153 Å². The molecule has 11 nitrogen and oxygen atoms in total. The van der Waals surface area contributed by atoms with Gasteiger partial charge in [0.15, 0.2) is 5.78 Å². The first kappa shape index (κ1) is 29.8. The third-order valence-corrected chi connectivity index (χ3v) is 6.81. The van der Waals surface area contributed by atoms with Crippen LogP contribution in [-0.4, -0.2) is 45.4 Å². The Morgan fingerprint density at radius 3 is 1.71 bits per heavy atom. The van der Waals surface area contributed by atoms with E-state index in [2.05, 4.69) is 5.32 Å². The van der Waals surface area contributed by atoms with Gasteiger partial charge >= 0.3 is 0 Å². The zero-order valence-electron chi connectivity index (χ0n) is 21.5. The van der Waals surface area contributed by atoms with Gasteiger partial charge < -0.3 is 10.2 Å². The van der Waals surface area contributed by atoms with Crippen LogP contribution in [0, 0.1) is 20.2 Å². The lowest BCUT2D eigenvalue weighted by atomic mass is 9.94. The first-order chi connectivity index (χ1) is 20.0. The number of nitro benzene ring substituents is 2. The van der Waals surface area contributed by atoms with E-state index >= 15 is 0 Å². The number of rotatable bonds is 7. The quantitative estimate of drug-likeness (QED) is 0.200. The van der Waals surface area contributed by atoms with Gasteiger partial charge in [-0.2, -0.15) is 0 Å². The van der Waals surface area contributed by atoms with Crippen LogP contribution in [0.15, 0.2) is 90.0 Å². The lowest BCUT2D eigenvalue weighted by Gasteiger charge is -2.29. The van der Waals surface area contributed by atoms with E-state index in [0.717, 1.165) is 12.2 Å². The molecule has 3 aromatic rings. The first-order valence-corrected chi connectivity index (χ1v) is 12.9. The predicted molar refractivity (Wildman–Crippen MR) is 158 cm³/mol. The van der Waals surface area contributed by atoms with Crippen LogP contribution < -0.4 is 5.32 Å². The van der Waals surface area contributed by atoms with Crippen molar-refractivity contribution in [1.82, 2.24) is 4.90 Å². The molecule has 13 heteroatoms. The molecule has 1 fully saturated rings. The molecule has 0 radical (unpaired) electrons. The van der Waals surface area contributed by atoms with Crippen LogP contribution in [0.1, 0.15) is 11.1 Å². The van der Waals surface area contributed by atoms with Crippen molar-refractivity contribution in [2.75, 3.05) is 18.4 Å². The number of hydrogen-bond acceptors (Lipinski definition) is 7. The van der Waals surface area contributed by atoms with E-state index < -0.39 is 21.7 Å². The number of piperidine rings is 1. The van der Waals surface area contributed by atoms with Crippen LogP contribution in [-0.2, 0) is 14.4 Å². The molecule has 0 bridgehead atoms. The van der Waals surface area contributed by atoms with Crippen LogP contribution >= 0.6 is 23.2 Å². The van der Waals surface area contributed by atoms with Gasteiger partial charge in [-0.3, -0.25) is 34.6 Å². The Balaban J connectivity index is 1.59. The van der Waals surface area contributed by atoms with E-state index in [1.807, 2.05) is 0 Å². The number of halogens is 2. The first-order valence-electron chi connectivity index (χ1n) is 12.2. The van der Waals surface area contributed by atoms with Gasteiger partial charge in [-0.1, -0.05) is 23.2 Å². The van der Waals surface area contributed by atoms with Gasteiger partial charge in [0.1, 0.15) is 0 Å². The summed E-state index contributed by atoms with van der Waals surface area (Å²) >= 11 is 11.8. The number of likely N-dealkylation sites (tertiary alicyclic amines) is 1. The third-order valence-electron chi connectivity index (χ3n) is 6.07. The number of nitrogens with zero attached hydrogens (tertiary/aromatic N) is 3. The van der Waals surface area contributed by atoms with E-state index in [-0.39, 0.29) is 46.4 Å². The molecule has 0 atom stereocenters. The van der Waals surface area contributed by atoms with E-state index in [1.54, 1.807) is 6.07 Å². The largest absolute Gasteiger partial charge is 0.330 e. The summed E-state index contributed by atoms with van der Waals surface area (Å²) in [5.74, 6) is -1.52. The number of nitrogens with one attached hydrogen (secondary N) is 1. The van der Waals surface area contributed by atoms with Crippen molar-refractivity contribution in [3.05, 3.63) is 131 Å². The average molecular weight is 607 g/mol. The molecule has 1 saturated heterocycles. The predicted octanol–water partition coefficient (Wildman–Crippen LogP) is 5.88. The molecule has 3 aromatic carbocycles. The van der Waals surface area contributed by atoms with Crippen LogP contribution in [0.3, 0.4) is 0 Å². The lowest BCUT2D eigenvalue weighted by Crippen LogP contribution is -2.41. The molecule has 0 aromatic heterocycles. The number of ketones is 1. The molecule has 2 amide bonds. The van der Waals surface area contributed by atoms with Crippen molar-refractivity contribution in [1.29, 1.82) is 0 Å². The number of benzene rings is 3. The Labute approximate surface area is 248 Å². The molecule has 0 unspecified atom stereocenters. The highest BCUT2D eigenvalue weighted by Crippen LogP contribution is 2.26. The molecule has 1 aliphatic rings. The van der Waals surface area contributed by atoms with E-state index in [0.29, 0.717) is 21.8 Å². The van der Waals surface area contributed by atoms with Gasteiger partial charge in [0.25, 0.3) is 11.4 Å². The summed E-state index contributed by atoms with van der Waals surface area (Å²) < 4.78 is 0. The maximum atomic E-state index is 13.4. The number of carbonyl (C=O) groups is 3. The number of carbonyl (C=O) groups excluding carboxylic acids is 3. The zero-order valence-corrected chi connectivity index (χ0v) is 23.0. The smallest absolute Gasteiger partial charge is 0.269 e. The number of anilines is 1. The number of hydrogen-bond donors (Lipinski definition) is 1. The van der Waals surface area contributed by atoms with Gasteiger partial charge in [0, 0.05) is 53.3 Å². The molecular weight excluding hydrogens is 587 g/mol. The normalized spacial score (nSPS) is 15.3. The Morgan fingerprint density at radius 2 is 1.26 bits per heavy atom. The molecule has 212 valence electrons. The fourth-order valence-electron chi connectivity index (χ4n) is 3.99. The summed E-state index contributed by atoms with van der Waals surface area (Å²) in [7, 11) is 0. The van der Waals surface area contributed by atoms with Crippen molar-refractivity contribution < 1.29 is 24.2 Å². The maximum absolute atomic E-state index is 13.4. The van der Waals surface area contributed by atoms with Gasteiger partial charge in [-0.05, 0) is 65.7 Å². The van der Waals surface area contributed by atoms with Crippen molar-refractivity contribution in [2.24, 2.45) is 0 Å². The molecule has 0 aliphatic carbocycles. The second kappa shape index (κ2) is 13.0. The molecule has 0 saturated carbocycles. The highest BCUT2D eigenvalue weighted by atomic mass is 35.5. The molecule has 1 N–H and O–H groups in total. The number of non-ortho nitro benzene ring substituents is 2. The van der Waals surface area contributed by atoms with Crippen molar-refractivity contribution in [3.63, 3.8) is 0 Å². The molecule has 1 heterocycles. The average Bonchev–Trinajstić information content (AvgIpc) is 2.96. The maximum Gasteiger partial charge on any atom is 0.269 e. The van der Waals surface area contributed by atoms with Crippen molar-refractivity contribution >= 4 is 70.0 Å². The fraction of sp³-hybridized carbons (Fsp3) is 0.0690. The Bertz CT molecular complexity index is 1600. The van der Waals surface area contributed by atoms with Crippen LogP contribution in [0.4, 0.5) is 17.1 Å². The Kier molecular flexibility index (Phi) is 9.25. The Morgan fingerprint density at radius 1 is 0.762 bits per heavy atom. The highest BCUT2D eigenvalue weighted by Gasteiger charge is 2.28. The van der Waals surface area contributed by atoms with Crippen LogP contribution in [0.25, 0.3) is 12.2 Å². The second-order valence-electron chi connectivity index (χ2n) is 9.01. The van der Waals surface area contributed by atoms with Crippen molar-refractivity contribution in [2.45, 2.75) is 0 Å². The number of nitro groups is 2. The summed E-state index contributed by atoms with van der Waals surface area (Å²) in [5, 5.41) is 25.1. The Hall–Kier alpha value is -5.13. The van der Waals surface area contributed by atoms with E-state index in [9.17, 15) is 34.6 Å². The summed E-state index contributed by atoms with van der Waals surface area (Å²) in [5.41, 5.74) is 1.60. The lowest BCUT2D eigenvalue weighted by molar-refractivity contribution is -0.385. The van der Waals surface area contributed by atoms with E-state index in [4.69, 9.17) is 23.2 Å². The number of Topliss-reactive ketones (excluding diaryl/α,β-unsaturated/α-hetero) is 1. The number of amides is 2. The fourth-order valence-corrected chi connectivity index (χ4v) is 4.29. The summed E-state index contributed by atoms with van der Waals surface area (Å²) in [6.45, 7) is -0.185. The minimum absolute atomic E-state index is 0.0923. The van der Waals surface area contributed by atoms with Gasteiger partial charge in [0.2, 0.25) is 11.8 Å². The zero-order chi connectivity index (χ0) is 30.4. The third kappa shape index (κ3) is 7.53. The summed E-state index contributed by atoms with van der Waals surface area (Å²) in [4.78, 5) is 61.1. The SMILES string of the molecule is O=C(/C=C/C(=O)N1C/C(=C\c2ccc([N+](=O)[O-])cc2)C(=O)/C(=C/c2ccc([N+](=O)[O-])cc2)C1)Nc1ccc(Cl)c(Cl)c1. The summed E-state index contributed by atoms with van der Waals surface area (Å²) in [6, 6.07) is 15.6. The minimum Gasteiger partial charge on any atom is -0.330 e. The van der Waals surface area contributed by atoms with Gasteiger partial charge in [-0.25, -0.2) is 0 Å². The molecule has 0 spiro atoms. The minimum atomic E-state index is -0.599. The van der Waals surface area contributed by atoms with Gasteiger partial charge in [0.05, 0.1) is 33.0 Å². The molecule has 4 rings (SSSR count). The standard InChI is InChI=1S/C29H20Cl2N4O7/c30-25-10-5-22(15-26(25)31)32-27(36)11-12-28(37)33-16-20(13-18-1-6-23(7-2-18)34(39)40)29(38)21(17-33)14-19-3-8-24(9-4-19)35(41)42/h1-15H,16-17H2,(H,32,36)/b12-11+,20-13+,21-14+.